The van der Waals surface area contributed by atoms with Crippen molar-refractivity contribution in [2.24, 2.45) is 0 Å². The van der Waals surface area contributed by atoms with Crippen LogP contribution in [0.25, 0.3) is 5.82 Å². The number of ether oxygens (including phenoxy) is 2. The summed E-state index contributed by atoms with van der Waals surface area (Å²) in [6, 6.07) is 10.6. The van der Waals surface area contributed by atoms with E-state index >= 15 is 0 Å². The second-order valence-corrected chi connectivity index (χ2v) is 9.04. The van der Waals surface area contributed by atoms with Crippen molar-refractivity contribution in [3.8, 4) is 17.3 Å². The molecule has 3 heterocycles. The lowest BCUT2D eigenvalue weighted by Gasteiger charge is -2.35. The van der Waals surface area contributed by atoms with Crippen LogP contribution in [0.5, 0.6) is 11.5 Å². The highest BCUT2D eigenvalue weighted by molar-refractivity contribution is 7.89. The highest BCUT2D eigenvalue weighted by atomic mass is 32.2. The zero-order valence-electron chi connectivity index (χ0n) is 17.7. The van der Waals surface area contributed by atoms with Gasteiger partial charge in [0, 0.05) is 50.7 Å². The van der Waals surface area contributed by atoms with Crippen LogP contribution in [-0.2, 0) is 10.0 Å². The molecule has 1 aliphatic rings. The maximum absolute atomic E-state index is 13.3. The van der Waals surface area contributed by atoms with Crippen LogP contribution < -0.4 is 14.4 Å². The highest BCUT2D eigenvalue weighted by Crippen LogP contribution is 2.31. The lowest BCUT2D eigenvalue weighted by Crippen LogP contribution is -2.49. The first-order chi connectivity index (χ1) is 14.9. The van der Waals surface area contributed by atoms with Crippen LogP contribution >= 0.6 is 0 Å². The van der Waals surface area contributed by atoms with E-state index in [0.717, 1.165) is 11.6 Å². The van der Waals surface area contributed by atoms with Crippen LogP contribution in [0.4, 0.5) is 5.82 Å². The fraction of sp³-hybridized carbons (Fsp3) is 0.333. The number of hydrogen-bond acceptors (Lipinski definition) is 7. The van der Waals surface area contributed by atoms with Crippen LogP contribution in [0.3, 0.4) is 0 Å². The Hall–Kier alpha value is -3.11. The summed E-state index contributed by atoms with van der Waals surface area (Å²) in [5, 5.41) is 0. The Bertz CT molecular complexity index is 1160. The molecule has 0 atom stereocenters. The first-order valence-corrected chi connectivity index (χ1v) is 11.3. The number of sulfonamides is 1. The molecule has 3 aromatic rings. The normalized spacial score (nSPS) is 15.1. The Morgan fingerprint density at radius 3 is 2.23 bits per heavy atom. The lowest BCUT2D eigenvalue weighted by molar-refractivity contribution is 0.370. The number of hydrogen-bond donors (Lipinski definition) is 0. The molecule has 1 aromatic carbocycles. The van der Waals surface area contributed by atoms with E-state index in [2.05, 4.69) is 14.9 Å². The number of anilines is 1. The average Bonchev–Trinajstić information content (AvgIpc) is 3.33. The molecule has 4 rings (SSSR count). The largest absolute Gasteiger partial charge is 0.497 e. The minimum absolute atomic E-state index is 0.107. The van der Waals surface area contributed by atoms with E-state index in [-0.39, 0.29) is 4.90 Å². The Morgan fingerprint density at radius 2 is 1.58 bits per heavy atom. The SMILES string of the molecule is COc1ccc(OC)c(S(=O)(=O)N2CCN(c3cc(-n4cccc4)nc(C)n3)CC2)c1. The van der Waals surface area contributed by atoms with Gasteiger partial charge in [0.25, 0.3) is 0 Å². The van der Waals surface area contributed by atoms with Gasteiger partial charge in [0.05, 0.1) is 14.2 Å². The van der Waals surface area contributed by atoms with Gasteiger partial charge in [0.1, 0.15) is 33.9 Å². The molecule has 1 fully saturated rings. The summed E-state index contributed by atoms with van der Waals surface area (Å²) in [7, 11) is -0.770. The van der Waals surface area contributed by atoms with Crippen LogP contribution in [0, 0.1) is 6.92 Å². The van der Waals surface area contributed by atoms with Crippen molar-refractivity contribution in [2.45, 2.75) is 11.8 Å². The third-order valence-electron chi connectivity index (χ3n) is 5.23. The molecule has 10 heteroatoms. The maximum atomic E-state index is 13.3. The molecule has 0 spiro atoms. The number of methoxy groups -OCH3 is 2. The molecule has 2 aromatic heterocycles. The summed E-state index contributed by atoms with van der Waals surface area (Å²) >= 11 is 0. The number of nitrogens with zero attached hydrogens (tertiary/aromatic N) is 5. The van der Waals surface area contributed by atoms with Gasteiger partial charge in [0.15, 0.2) is 0 Å². The zero-order chi connectivity index (χ0) is 22.0. The highest BCUT2D eigenvalue weighted by Gasteiger charge is 2.31. The quantitative estimate of drug-likeness (QED) is 0.576. The Morgan fingerprint density at radius 1 is 0.903 bits per heavy atom. The minimum atomic E-state index is -3.73. The monoisotopic (exact) mass is 443 g/mol. The molecule has 164 valence electrons. The molecule has 0 amide bonds. The Balaban J connectivity index is 1.54. The van der Waals surface area contributed by atoms with Crippen molar-refractivity contribution < 1.29 is 17.9 Å². The summed E-state index contributed by atoms with van der Waals surface area (Å²) in [5.41, 5.74) is 0. The second kappa shape index (κ2) is 8.56. The van der Waals surface area contributed by atoms with E-state index in [1.54, 1.807) is 12.1 Å². The number of rotatable bonds is 6. The van der Waals surface area contributed by atoms with Crippen LogP contribution in [0.2, 0.25) is 0 Å². The predicted molar refractivity (Wildman–Crippen MR) is 117 cm³/mol. The summed E-state index contributed by atoms with van der Waals surface area (Å²) < 4.78 is 40.5. The molecular weight excluding hydrogens is 418 g/mol. The fourth-order valence-electron chi connectivity index (χ4n) is 3.60. The number of aromatic nitrogens is 3. The number of benzene rings is 1. The topological polar surface area (TPSA) is 89.8 Å². The van der Waals surface area contributed by atoms with Crippen LogP contribution in [0.15, 0.2) is 53.7 Å². The molecule has 0 unspecified atom stereocenters. The van der Waals surface area contributed by atoms with Crippen molar-refractivity contribution in [1.29, 1.82) is 0 Å². The Labute approximate surface area is 181 Å². The standard InChI is InChI=1S/C21H25N5O4S/c1-16-22-20(24-8-4-5-9-24)15-21(23-16)25-10-12-26(13-11-25)31(27,28)19-14-17(29-2)6-7-18(19)30-3/h4-9,14-15H,10-13H2,1-3H3. The molecule has 1 aliphatic heterocycles. The smallest absolute Gasteiger partial charge is 0.247 e. The van der Waals surface area contributed by atoms with Crippen LogP contribution in [0.1, 0.15) is 5.82 Å². The molecule has 0 N–H and O–H groups in total. The molecule has 0 bridgehead atoms. The molecule has 0 radical (unpaired) electrons. The summed E-state index contributed by atoms with van der Waals surface area (Å²) in [6.45, 7) is 3.57. The van der Waals surface area contributed by atoms with Gasteiger partial charge < -0.3 is 18.9 Å². The van der Waals surface area contributed by atoms with Gasteiger partial charge in [-0.1, -0.05) is 0 Å². The van der Waals surface area contributed by atoms with Crippen LogP contribution in [-0.4, -0.2) is 67.7 Å². The summed E-state index contributed by atoms with van der Waals surface area (Å²) in [4.78, 5) is 11.2. The van der Waals surface area contributed by atoms with Crippen molar-refractivity contribution in [3.63, 3.8) is 0 Å². The van der Waals surface area contributed by atoms with Gasteiger partial charge in [-0.05, 0) is 31.2 Å². The minimum Gasteiger partial charge on any atom is -0.497 e. The summed E-state index contributed by atoms with van der Waals surface area (Å²) in [5.74, 6) is 2.99. The summed E-state index contributed by atoms with van der Waals surface area (Å²) in [6.07, 6.45) is 3.86. The predicted octanol–water partition coefficient (Wildman–Crippen LogP) is 2.10. The Kier molecular flexibility index (Phi) is 5.84. The first kappa shape index (κ1) is 21.1. The van der Waals surface area contributed by atoms with E-state index in [0.29, 0.717) is 43.5 Å². The van der Waals surface area contributed by atoms with E-state index in [4.69, 9.17) is 9.47 Å². The van der Waals surface area contributed by atoms with Crippen molar-refractivity contribution in [2.75, 3.05) is 45.3 Å². The molecule has 9 nitrogen and oxygen atoms in total. The third-order valence-corrected chi connectivity index (χ3v) is 7.15. The fourth-order valence-corrected chi connectivity index (χ4v) is 5.19. The van der Waals surface area contributed by atoms with Crippen molar-refractivity contribution >= 4 is 15.8 Å². The van der Waals surface area contributed by atoms with E-state index in [1.807, 2.05) is 42.1 Å². The van der Waals surface area contributed by atoms with Gasteiger partial charge in [0.2, 0.25) is 10.0 Å². The van der Waals surface area contributed by atoms with E-state index in [1.165, 1.54) is 24.6 Å². The molecule has 31 heavy (non-hydrogen) atoms. The second-order valence-electron chi connectivity index (χ2n) is 7.13. The molecule has 0 saturated carbocycles. The van der Waals surface area contributed by atoms with Crippen molar-refractivity contribution in [3.05, 3.63) is 54.6 Å². The van der Waals surface area contributed by atoms with Gasteiger partial charge in [-0.3, -0.25) is 0 Å². The average molecular weight is 444 g/mol. The maximum Gasteiger partial charge on any atom is 0.247 e. The molecular formula is C21H25N5O4S. The van der Waals surface area contributed by atoms with Gasteiger partial charge in [-0.15, -0.1) is 0 Å². The zero-order valence-corrected chi connectivity index (χ0v) is 18.5. The van der Waals surface area contributed by atoms with E-state index < -0.39 is 10.0 Å². The van der Waals surface area contributed by atoms with E-state index in [9.17, 15) is 8.42 Å². The lowest BCUT2D eigenvalue weighted by atomic mass is 10.3. The van der Waals surface area contributed by atoms with Crippen molar-refractivity contribution in [1.82, 2.24) is 18.8 Å². The third kappa shape index (κ3) is 4.21. The molecule has 0 aliphatic carbocycles. The molecule has 1 saturated heterocycles. The number of aryl methyl sites for hydroxylation is 1. The number of piperazine rings is 1. The van der Waals surface area contributed by atoms with Gasteiger partial charge in [-0.25, -0.2) is 18.4 Å². The van der Waals surface area contributed by atoms with Gasteiger partial charge in [-0.2, -0.15) is 4.31 Å². The first-order valence-electron chi connectivity index (χ1n) is 9.88. The van der Waals surface area contributed by atoms with Gasteiger partial charge >= 0.3 is 0 Å².